The maximum atomic E-state index is 6.33. The van der Waals surface area contributed by atoms with Gasteiger partial charge in [-0.2, -0.15) is 0 Å². The molecule has 3 atom stereocenters. The molecule has 0 aromatic heterocycles. The normalized spacial score (nSPS) is 32.2. The molecule has 0 heterocycles. The fraction of sp³-hybridized carbons (Fsp3) is 1.00. The zero-order chi connectivity index (χ0) is 11.6. The van der Waals surface area contributed by atoms with Crippen LogP contribution in [0.5, 0.6) is 0 Å². The smallest absolute Gasteiger partial charge is 0.0249 e. The Morgan fingerprint density at radius 1 is 1.47 bits per heavy atom. The molecule has 2 N–H and O–H groups in total. The lowest BCUT2D eigenvalue weighted by Crippen LogP contribution is -2.48. The molecule has 0 spiro atoms. The van der Waals surface area contributed by atoms with Gasteiger partial charge in [0.05, 0.1) is 0 Å². The van der Waals surface area contributed by atoms with Gasteiger partial charge in [-0.3, -0.25) is 0 Å². The van der Waals surface area contributed by atoms with E-state index >= 15 is 0 Å². The Kier molecular flexibility index (Phi) is 4.19. The van der Waals surface area contributed by atoms with Crippen LogP contribution in [0.1, 0.15) is 47.0 Å². The van der Waals surface area contributed by atoms with E-state index in [1.54, 1.807) is 0 Å². The van der Waals surface area contributed by atoms with E-state index in [9.17, 15) is 0 Å². The Bertz CT molecular complexity index is 201. The molecule has 15 heavy (non-hydrogen) atoms. The van der Waals surface area contributed by atoms with Crippen LogP contribution in [0.15, 0.2) is 0 Å². The summed E-state index contributed by atoms with van der Waals surface area (Å²) in [5.74, 6) is 0.783. The van der Waals surface area contributed by atoms with Crippen molar-refractivity contribution in [3.05, 3.63) is 0 Å². The van der Waals surface area contributed by atoms with Gasteiger partial charge in [0.1, 0.15) is 0 Å². The van der Waals surface area contributed by atoms with Crippen molar-refractivity contribution in [2.45, 2.75) is 59.0 Å². The topological polar surface area (TPSA) is 29.3 Å². The van der Waals surface area contributed by atoms with Crippen molar-refractivity contribution < 1.29 is 0 Å². The largest absolute Gasteiger partial charge is 0.326 e. The van der Waals surface area contributed by atoms with Gasteiger partial charge in [0.25, 0.3) is 0 Å². The highest BCUT2D eigenvalue weighted by Crippen LogP contribution is 2.38. The van der Waals surface area contributed by atoms with Crippen molar-refractivity contribution in [1.29, 1.82) is 0 Å². The van der Waals surface area contributed by atoms with Crippen LogP contribution in [0.3, 0.4) is 0 Å². The van der Waals surface area contributed by atoms with Crippen LogP contribution in [0.4, 0.5) is 0 Å². The van der Waals surface area contributed by atoms with Crippen molar-refractivity contribution in [1.82, 2.24) is 4.90 Å². The standard InChI is InChI=1S/C13H28N2/c1-6-10(2)9-15(5)11-7-8-13(3,4)12(11)14/h10-12H,6-9,14H2,1-5H3. The number of rotatable bonds is 4. The van der Waals surface area contributed by atoms with Crippen molar-refractivity contribution in [3.63, 3.8) is 0 Å². The lowest BCUT2D eigenvalue weighted by Gasteiger charge is -2.33. The average molecular weight is 212 g/mol. The third-order valence-electron chi connectivity index (χ3n) is 4.26. The van der Waals surface area contributed by atoms with Crippen LogP contribution < -0.4 is 5.73 Å². The van der Waals surface area contributed by atoms with Gasteiger partial charge in [0.15, 0.2) is 0 Å². The fourth-order valence-corrected chi connectivity index (χ4v) is 2.64. The minimum Gasteiger partial charge on any atom is -0.326 e. The monoisotopic (exact) mass is 212 g/mol. The summed E-state index contributed by atoms with van der Waals surface area (Å²) in [5.41, 5.74) is 6.66. The lowest BCUT2D eigenvalue weighted by molar-refractivity contribution is 0.176. The van der Waals surface area contributed by atoms with Gasteiger partial charge in [-0.05, 0) is 31.2 Å². The van der Waals surface area contributed by atoms with Crippen LogP contribution in [0, 0.1) is 11.3 Å². The van der Waals surface area contributed by atoms with Crippen LogP contribution in [-0.2, 0) is 0 Å². The molecule has 0 radical (unpaired) electrons. The van der Waals surface area contributed by atoms with Gasteiger partial charge in [-0.1, -0.05) is 34.1 Å². The van der Waals surface area contributed by atoms with Gasteiger partial charge in [-0.25, -0.2) is 0 Å². The Morgan fingerprint density at radius 3 is 2.47 bits per heavy atom. The molecule has 1 aliphatic rings. The second kappa shape index (κ2) is 4.84. The molecule has 2 nitrogen and oxygen atoms in total. The first-order valence-corrected chi connectivity index (χ1v) is 6.34. The van der Waals surface area contributed by atoms with Crippen molar-refractivity contribution in [3.8, 4) is 0 Å². The summed E-state index contributed by atoms with van der Waals surface area (Å²) in [7, 11) is 2.23. The number of nitrogens with two attached hydrogens (primary N) is 1. The first-order chi connectivity index (χ1) is 6.88. The maximum absolute atomic E-state index is 6.33. The van der Waals surface area contributed by atoms with E-state index in [0.717, 1.165) is 5.92 Å². The third-order valence-corrected chi connectivity index (χ3v) is 4.26. The summed E-state index contributed by atoms with van der Waals surface area (Å²) in [6.45, 7) is 10.4. The third kappa shape index (κ3) is 2.94. The molecule has 1 rings (SSSR count). The average Bonchev–Trinajstić information content (AvgIpc) is 2.42. The van der Waals surface area contributed by atoms with E-state index in [4.69, 9.17) is 5.73 Å². The lowest BCUT2D eigenvalue weighted by atomic mass is 9.87. The molecule has 90 valence electrons. The van der Waals surface area contributed by atoms with Crippen molar-refractivity contribution in [2.24, 2.45) is 17.1 Å². The van der Waals surface area contributed by atoms with Crippen LogP contribution in [0.2, 0.25) is 0 Å². The van der Waals surface area contributed by atoms with E-state index in [1.807, 2.05) is 0 Å². The van der Waals surface area contributed by atoms with E-state index in [-0.39, 0.29) is 0 Å². The number of hydrogen-bond acceptors (Lipinski definition) is 2. The van der Waals surface area contributed by atoms with Crippen LogP contribution in [0.25, 0.3) is 0 Å². The molecule has 1 fully saturated rings. The highest BCUT2D eigenvalue weighted by Gasteiger charge is 2.41. The number of hydrogen-bond donors (Lipinski definition) is 1. The molecular weight excluding hydrogens is 184 g/mol. The van der Waals surface area contributed by atoms with Crippen LogP contribution in [-0.4, -0.2) is 30.6 Å². The molecule has 0 bridgehead atoms. The molecule has 2 heteroatoms. The Balaban J connectivity index is 2.51. The Morgan fingerprint density at radius 2 is 2.07 bits per heavy atom. The van der Waals surface area contributed by atoms with Gasteiger partial charge in [0.2, 0.25) is 0 Å². The molecule has 0 aromatic rings. The first-order valence-electron chi connectivity index (χ1n) is 6.34. The molecule has 1 saturated carbocycles. The first kappa shape index (κ1) is 13.0. The molecule has 0 amide bonds. The minimum absolute atomic E-state index is 0.328. The van der Waals surface area contributed by atoms with Gasteiger partial charge < -0.3 is 10.6 Å². The Labute approximate surface area is 95.2 Å². The van der Waals surface area contributed by atoms with E-state index in [0.29, 0.717) is 17.5 Å². The summed E-state index contributed by atoms with van der Waals surface area (Å²) >= 11 is 0. The van der Waals surface area contributed by atoms with Gasteiger partial charge in [-0.15, -0.1) is 0 Å². The summed E-state index contributed by atoms with van der Waals surface area (Å²) in [6, 6.07) is 0.931. The highest BCUT2D eigenvalue weighted by atomic mass is 15.2. The Hall–Kier alpha value is -0.0800. The van der Waals surface area contributed by atoms with E-state index < -0.39 is 0 Å². The van der Waals surface area contributed by atoms with Crippen molar-refractivity contribution >= 4 is 0 Å². The summed E-state index contributed by atoms with van der Waals surface area (Å²) < 4.78 is 0. The molecule has 1 aliphatic carbocycles. The molecule has 0 aliphatic heterocycles. The highest BCUT2D eigenvalue weighted by molar-refractivity contribution is 4.98. The fourth-order valence-electron chi connectivity index (χ4n) is 2.64. The van der Waals surface area contributed by atoms with E-state index in [2.05, 4.69) is 39.6 Å². The van der Waals surface area contributed by atoms with Gasteiger partial charge in [0, 0.05) is 18.6 Å². The molecule has 3 unspecified atom stereocenters. The predicted molar refractivity (Wildman–Crippen MR) is 66.9 cm³/mol. The zero-order valence-electron chi connectivity index (χ0n) is 11.1. The second-order valence-electron chi connectivity index (χ2n) is 6.07. The summed E-state index contributed by atoms with van der Waals surface area (Å²) in [6.07, 6.45) is 3.79. The summed E-state index contributed by atoms with van der Waals surface area (Å²) in [5, 5.41) is 0. The quantitative estimate of drug-likeness (QED) is 0.776. The predicted octanol–water partition coefficient (Wildman–Crippen LogP) is 2.48. The van der Waals surface area contributed by atoms with Crippen LogP contribution >= 0.6 is 0 Å². The molecule has 0 aromatic carbocycles. The minimum atomic E-state index is 0.328. The molecular formula is C13H28N2. The zero-order valence-corrected chi connectivity index (χ0v) is 11.1. The number of likely N-dealkylation sites (N-methyl/N-ethyl adjacent to an activating group) is 1. The SMILES string of the molecule is CCC(C)CN(C)C1CCC(C)(C)C1N. The maximum Gasteiger partial charge on any atom is 0.0249 e. The molecule has 0 saturated heterocycles. The van der Waals surface area contributed by atoms with Gasteiger partial charge >= 0.3 is 0 Å². The van der Waals surface area contributed by atoms with Crippen molar-refractivity contribution in [2.75, 3.05) is 13.6 Å². The number of nitrogens with zero attached hydrogens (tertiary/aromatic N) is 1. The second-order valence-corrected chi connectivity index (χ2v) is 6.07. The van der Waals surface area contributed by atoms with E-state index in [1.165, 1.54) is 25.8 Å². The summed E-state index contributed by atoms with van der Waals surface area (Å²) in [4.78, 5) is 2.48.